The van der Waals surface area contributed by atoms with Crippen molar-refractivity contribution in [1.29, 1.82) is 0 Å². The van der Waals surface area contributed by atoms with E-state index in [1.165, 1.54) is 39.2 Å². The van der Waals surface area contributed by atoms with Crippen LogP contribution in [0.5, 0.6) is 0 Å². The minimum Gasteiger partial charge on any atom is -0.468 e. The zero-order valence-electron chi connectivity index (χ0n) is 10.2. The Bertz CT molecular complexity index is 221. The third kappa shape index (κ3) is 4.06. The van der Waals surface area contributed by atoms with E-state index in [0.717, 1.165) is 13.1 Å². The van der Waals surface area contributed by atoms with Crippen LogP contribution in [-0.4, -0.2) is 41.9 Å². The molecular formula is C12H22BrNO2. The number of alkyl halides is 1. The van der Waals surface area contributed by atoms with E-state index >= 15 is 0 Å². The van der Waals surface area contributed by atoms with Crippen molar-refractivity contribution in [2.75, 3.05) is 20.2 Å². The van der Waals surface area contributed by atoms with Crippen molar-refractivity contribution >= 4 is 21.9 Å². The van der Waals surface area contributed by atoms with E-state index in [9.17, 15) is 4.79 Å². The smallest absolute Gasteiger partial charge is 0.320 e. The fourth-order valence-corrected chi connectivity index (χ4v) is 2.93. The highest BCUT2D eigenvalue weighted by Crippen LogP contribution is 2.22. The Hall–Kier alpha value is -0.0900. The van der Waals surface area contributed by atoms with Crippen LogP contribution >= 0.6 is 15.9 Å². The van der Waals surface area contributed by atoms with Gasteiger partial charge in [-0.3, -0.25) is 9.69 Å². The molecule has 94 valence electrons. The van der Waals surface area contributed by atoms with Crippen LogP contribution in [0.2, 0.25) is 0 Å². The summed E-state index contributed by atoms with van der Waals surface area (Å²) in [6.07, 6.45) is 6.30. The SMILES string of the molecule is CCCC1CCCCN1CC(Br)C(=O)OC. The lowest BCUT2D eigenvalue weighted by atomic mass is 9.98. The molecule has 0 aromatic carbocycles. The minimum absolute atomic E-state index is 0.166. The molecule has 1 heterocycles. The first-order valence-electron chi connectivity index (χ1n) is 6.15. The topological polar surface area (TPSA) is 29.5 Å². The summed E-state index contributed by atoms with van der Waals surface area (Å²) >= 11 is 3.40. The van der Waals surface area contributed by atoms with Crippen molar-refractivity contribution in [2.45, 2.75) is 49.9 Å². The Labute approximate surface area is 107 Å². The van der Waals surface area contributed by atoms with E-state index in [0.29, 0.717) is 6.04 Å². The minimum atomic E-state index is -0.185. The van der Waals surface area contributed by atoms with Crippen LogP contribution in [0.3, 0.4) is 0 Å². The van der Waals surface area contributed by atoms with E-state index in [-0.39, 0.29) is 10.8 Å². The summed E-state index contributed by atoms with van der Waals surface area (Å²) < 4.78 is 4.74. The van der Waals surface area contributed by atoms with Gasteiger partial charge in [0.05, 0.1) is 7.11 Å². The maximum Gasteiger partial charge on any atom is 0.320 e. The fraction of sp³-hybridized carbons (Fsp3) is 0.917. The summed E-state index contributed by atoms with van der Waals surface area (Å²) in [5.74, 6) is -0.166. The van der Waals surface area contributed by atoms with Crippen LogP contribution in [0.15, 0.2) is 0 Å². The van der Waals surface area contributed by atoms with E-state index in [1.54, 1.807) is 0 Å². The molecule has 1 fully saturated rings. The number of carbonyl (C=O) groups excluding carboxylic acids is 1. The third-order valence-corrected chi connectivity index (χ3v) is 3.89. The molecule has 0 saturated carbocycles. The van der Waals surface area contributed by atoms with Gasteiger partial charge in [0.25, 0.3) is 0 Å². The maximum atomic E-state index is 11.4. The highest BCUT2D eigenvalue weighted by molar-refractivity contribution is 9.10. The number of carbonyl (C=O) groups is 1. The average molecular weight is 292 g/mol. The lowest BCUT2D eigenvalue weighted by Gasteiger charge is -2.36. The number of likely N-dealkylation sites (tertiary alicyclic amines) is 1. The Balaban J connectivity index is 2.45. The molecule has 1 aliphatic heterocycles. The van der Waals surface area contributed by atoms with Crippen molar-refractivity contribution in [3.63, 3.8) is 0 Å². The number of hydrogen-bond donors (Lipinski definition) is 0. The predicted molar refractivity (Wildman–Crippen MR) is 68.9 cm³/mol. The van der Waals surface area contributed by atoms with E-state index in [1.807, 2.05) is 0 Å². The monoisotopic (exact) mass is 291 g/mol. The molecule has 0 aromatic heterocycles. The number of halogens is 1. The van der Waals surface area contributed by atoms with Crippen molar-refractivity contribution < 1.29 is 9.53 Å². The lowest BCUT2D eigenvalue weighted by Crippen LogP contribution is -2.44. The largest absolute Gasteiger partial charge is 0.468 e. The lowest BCUT2D eigenvalue weighted by molar-refractivity contribution is -0.140. The maximum absolute atomic E-state index is 11.4. The van der Waals surface area contributed by atoms with Crippen LogP contribution in [0, 0.1) is 0 Å². The van der Waals surface area contributed by atoms with Crippen LogP contribution in [0.4, 0.5) is 0 Å². The molecule has 1 aliphatic rings. The van der Waals surface area contributed by atoms with Crippen molar-refractivity contribution in [2.24, 2.45) is 0 Å². The van der Waals surface area contributed by atoms with Gasteiger partial charge in [0.2, 0.25) is 0 Å². The van der Waals surface area contributed by atoms with Crippen LogP contribution in [-0.2, 0) is 9.53 Å². The number of rotatable bonds is 5. The molecule has 4 heteroatoms. The molecule has 0 N–H and O–H groups in total. The fourth-order valence-electron chi connectivity index (χ4n) is 2.37. The molecule has 1 rings (SSSR count). The summed E-state index contributed by atoms with van der Waals surface area (Å²) in [7, 11) is 1.44. The third-order valence-electron chi connectivity index (χ3n) is 3.22. The molecule has 2 atom stereocenters. The second-order valence-corrected chi connectivity index (χ2v) is 5.53. The number of piperidine rings is 1. The summed E-state index contributed by atoms with van der Waals surface area (Å²) in [6, 6.07) is 0.656. The number of nitrogens with zero attached hydrogens (tertiary/aromatic N) is 1. The summed E-state index contributed by atoms with van der Waals surface area (Å²) in [5, 5.41) is 0. The average Bonchev–Trinajstić information content (AvgIpc) is 2.31. The van der Waals surface area contributed by atoms with Gasteiger partial charge in [-0.15, -0.1) is 0 Å². The second kappa shape index (κ2) is 7.28. The molecule has 16 heavy (non-hydrogen) atoms. The van der Waals surface area contributed by atoms with E-state index in [4.69, 9.17) is 4.74 Å². The normalized spacial score (nSPS) is 24.1. The van der Waals surface area contributed by atoms with Crippen LogP contribution < -0.4 is 0 Å². The Kier molecular flexibility index (Phi) is 6.36. The van der Waals surface area contributed by atoms with Gasteiger partial charge in [-0.25, -0.2) is 0 Å². The van der Waals surface area contributed by atoms with Gasteiger partial charge in [0.1, 0.15) is 4.83 Å². The molecule has 0 aromatic rings. The van der Waals surface area contributed by atoms with E-state index < -0.39 is 0 Å². The van der Waals surface area contributed by atoms with Gasteiger partial charge in [0, 0.05) is 12.6 Å². The summed E-state index contributed by atoms with van der Waals surface area (Å²) in [6.45, 7) is 4.11. The first-order valence-corrected chi connectivity index (χ1v) is 7.06. The first-order chi connectivity index (χ1) is 7.69. The van der Waals surface area contributed by atoms with Gasteiger partial charge < -0.3 is 4.74 Å². The van der Waals surface area contributed by atoms with Gasteiger partial charge >= 0.3 is 5.97 Å². The molecule has 0 spiro atoms. The Morgan fingerprint density at radius 2 is 2.31 bits per heavy atom. The van der Waals surface area contributed by atoms with Crippen molar-refractivity contribution in [3.05, 3.63) is 0 Å². The molecule has 0 amide bonds. The summed E-state index contributed by atoms with van der Waals surface area (Å²) in [5.41, 5.74) is 0. The molecule has 1 saturated heterocycles. The second-order valence-electron chi connectivity index (χ2n) is 4.42. The standard InChI is InChI=1S/C12H22BrNO2/c1-3-6-10-7-4-5-8-14(10)9-11(13)12(15)16-2/h10-11H,3-9H2,1-2H3. The highest BCUT2D eigenvalue weighted by Gasteiger charge is 2.26. The number of ether oxygens (including phenoxy) is 1. The molecular weight excluding hydrogens is 270 g/mol. The number of hydrogen-bond acceptors (Lipinski definition) is 3. The molecule has 0 radical (unpaired) electrons. The zero-order chi connectivity index (χ0) is 12.0. The van der Waals surface area contributed by atoms with Gasteiger partial charge in [-0.05, 0) is 25.8 Å². The Morgan fingerprint density at radius 3 is 2.94 bits per heavy atom. The van der Waals surface area contributed by atoms with Crippen molar-refractivity contribution in [3.8, 4) is 0 Å². The molecule has 0 aliphatic carbocycles. The van der Waals surface area contributed by atoms with E-state index in [2.05, 4.69) is 27.8 Å². The van der Waals surface area contributed by atoms with Crippen LogP contribution in [0.1, 0.15) is 39.0 Å². The molecule has 0 bridgehead atoms. The van der Waals surface area contributed by atoms with Gasteiger partial charge in [-0.2, -0.15) is 0 Å². The molecule has 3 nitrogen and oxygen atoms in total. The molecule has 2 unspecified atom stereocenters. The van der Waals surface area contributed by atoms with Gasteiger partial charge in [-0.1, -0.05) is 35.7 Å². The highest BCUT2D eigenvalue weighted by atomic mass is 79.9. The predicted octanol–water partition coefficient (Wildman–Crippen LogP) is 2.58. The van der Waals surface area contributed by atoms with Gasteiger partial charge in [0.15, 0.2) is 0 Å². The first kappa shape index (κ1) is 14.0. The Morgan fingerprint density at radius 1 is 1.56 bits per heavy atom. The quantitative estimate of drug-likeness (QED) is 0.576. The zero-order valence-corrected chi connectivity index (χ0v) is 11.8. The van der Waals surface area contributed by atoms with Crippen LogP contribution in [0.25, 0.3) is 0 Å². The summed E-state index contributed by atoms with van der Waals surface area (Å²) in [4.78, 5) is 13.6. The number of esters is 1. The van der Waals surface area contributed by atoms with Crippen molar-refractivity contribution in [1.82, 2.24) is 4.90 Å². The number of methoxy groups -OCH3 is 1.